The van der Waals surface area contributed by atoms with E-state index >= 15 is 0 Å². The maximum Gasteiger partial charge on any atom is 0.265 e. The van der Waals surface area contributed by atoms with Crippen LogP contribution in [0.4, 0.5) is 11.4 Å². The molecule has 31 heavy (non-hydrogen) atoms. The number of aryl methyl sites for hydroxylation is 1. The van der Waals surface area contributed by atoms with Gasteiger partial charge in [0.05, 0.1) is 29.8 Å². The lowest BCUT2D eigenvalue weighted by molar-refractivity contribution is 0.381. The Balaban J connectivity index is 1.30. The van der Waals surface area contributed by atoms with Crippen LogP contribution in [0.1, 0.15) is 12.8 Å². The molecule has 5 heterocycles. The smallest absolute Gasteiger partial charge is 0.265 e. The number of nitrogens with one attached hydrogen (secondary N) is 1. The summed E-state index contributed by atoms with van der Waals surface area (Å²) >= 11 is 0. The zero-order valence-corrected chi connectivity index (χ0v) is 17.7. The number of rotatable bonds is 5. The first-order valence-corrected chi connectivity index (χ1v) is 11.7. The highest BCUT2D eigenvalue weighted by molar-refractivity contribution is 7.92. The topological polar surface area (TPSA) is 97.9 Å². The van der Waals surface area contributed by atoms with Crippen LogP contribution in [0.3, 0.4) is 0 Å². The molecule has 10 heteroatoms. The molecule has 2 saturated heterocycles. The first kappa shape index (κ1) is 18.4. The molecular formula is C21H21N7O2S. The number of para-hydroxylation sites is 1. The Morgan fingerprint density at radius 1 is 1.13 bits per heavy atom. The van der Waals surface area contributed by atoms with Gasteiger partial charge in [0.25, 0.3) is 10.0 Å². The molecule has 0 spiro atoms. The van der Waals surface area contributed by atoms with Gasteiger partial charge in [-0.2, -0.15) is 10.2 Å². The number of hydrogen-bond donors (Lipinski definition) is 1. The highest BCUT2D eigenvalue weighted by Gasteiger charge is 2.42. The third-order valence-corrected chi connectivity index (χ3v) is 7.60. The van der Waals surface area contributed by atoms with Crippen molar-refractivity contribution in [3.05, 3.63) is 55.1 Å². The molecule has 0 radical (unpaired) electrons. The summed E-state index contributed by atoms with van der Waals surface area (Å²) in [5.74, 6) is 1.40. The third-order valence-electron chi connectivity index (χ3n) is 6.28. The Morgan fingerprint density at radius 3 is 2.81 bits per heavy atom. The molecule has 2 bridgehead atoms. The second-order valence-corrected chi connectivity index (χ2v) is 9.94. The van der Waals surface area contributed by atoms with Crippen LogP contribution in [0.25, 0.3) is 16.7 Å². The second-order valence-electron chi connectivity index (χ2n) is 8.25. The maximum atomic E-state index is 13.0. The van der Waals surface area contributed by atoms with E-state index in [0.717, 1.165) is 29.1 Å². The minimum atomic E-state index is -3.83. The molecule has 9 nitrogen and oxygen atoms in total. The van der Waals surface area contributed by atoms with Gasteiger partial charge in [-0.1, -0.05) is 12.1 Å². The average molecular weight is 436 g/mol. The summed E-state index contributed by atoms with van der Waals surface area (Å²) < 4.78 is 31.9. The largest absolute Gasteiger partial charge is 0.368 e. The zero-order valence-electron chi connectivity index (χ0n) is 16.9. The second kappa shape index (κ2) is 6.55. The molecule has 2 aliphatic heterocycles. The summed E-state index contributed by atoms with van der Waals surface area (Å²) in [4.78, 5) is 6.87. The first-order valence-electron chi connectivity index (χ1n) is 10.2. The van der Waals surface area contributed by atoms with Crippen LogP contribution in [-0.2, 0) is 17.1 Å². The van der Waals surface area contributed by atoms with Gasteiger partial charge in [0.2, 0.25) is 0 Å². The number of sulfonamides is 1. The normalized spacial score (nSPS) is 20.2. The minimum absolute atomic E-state index is 0.0716. The lowest BCUT2D eigenvalue weighted by Gasteiger charge is -2.27. The lowest BCUT2D eigenvalue weighted by Crippen LogP contribution is -2.28. The maximum absolute atomic E-state index is 13.0. The van der Waals surface area contributed by atoms with Crippen molar-refractivity contribution in [3.8, 4) is 5.82 Å². The number of anilines is 2. The van der Waals surface area contributed by atoms with E-state index < -0.39 is 10.0 Å². The van der Waals surface area contributed by atoms with Crippen LogP contribution in [0.2, 0.25) is 0 Å². The Bertz CT molecular complexity index is 1400. The van der Waals surface area contributed by atoms with E-state index in [1.54, 1.807) is 36.3 Å². The molecule has 3 aromatic heterocycles. The Morgan fingerprint density at radius 2 is 2.00 bits per heavy atom. The lowest BCUT2D eigenvalue weighted by atomic mass is 9.86. The van der Waals surface area contributed by atoms with E-state index in [0.29, 0.717) is 17.5 Å². The van der Waals surface area contributed by atoms with Gasteiger partial charge in [0.15, 0.2) is 5.82 Å². The Kier molecular flexibility index (Phi) is 3.88. The highest BCUT2D eigenvalue weighted by Crippen LogP contribution is 2.43. The fraction of sp³-hybridized carbons (Fsp3) is 0.286. The molecule has 0 unspecified atom stereocenters. The summed E-state index contributed by atoms with van der Waals surface area (Å²) in [5.41, 5.74) is 2.30. The third kappa shape index (κ3) is 2.97. The molecule has 0 atom stereocenters. The van der Waals surface area contributed by atoms with Crippen molar-refractivity contribution in [3.63, 3.8) is 0 Å². The summed E-state index contributed by atoms with van der Waals surface area (Å²) in [6.07, 6.45) is 8.80. The van der Waals surface area contributed by atoms with Crippen molar-refractivity contribution < 1.29 is 8.42 Å². The van der Waals surface area contributed by atoms with E-state index in [1.807, 2.05) is 18.2 Å². The summed E-state index contributed by atoms with van der Waals surface area (Å²) in [7, 11) is -2.05. The highest BCUT2D eigenvalue weighted by atomic mass is 32.2. The van der Waals surface area contributed by atoms with Crippen molar-refractivity contribution in [1.82, 2.24) is 24.5 Å². The van der Waals surface area contributed by atoms with Gasteiger partial charge < -0.3 is 4.90 Å². The van der Waals surface area contributed by atoms with Crippen LogP contribution in [0.15, 0.2) is 60.0 Å². The molecular weight excluding hydrogens is 414 g/mol. The molecule has 1 N–H and O–H groups in total. The number of aromatic nitrogens is 5. The van der Waals surface area contributed by atoms with E-state index in [4.69, 9.17) is 0 Å². The Hall–Kier alpha value is -3.40. The quantitative estimate of drug-likeness (QED) is 0.517. The monoisotopic (exact) mass is 435 g/mol. The predicted molar refractivity (Wildman–Crippen MR) is 117 cm³/mol. The molecule has 0 amide bonds. The summed E-state index contributed by atoms with van der Waals surface area (Å²) in [5, 5.41) is 9.33. The van der Waals surface area contributed by atoms with Crippen LogP contribution < -0.4 is 9.62 Å². The number of nitrogens with zero attached hydrogens (tertiary/aromatic N) is 6. The first-order chi connectivity index (χ1) is 15.0. The predicted octanol–water partition coefficient (Wildman–Crippen LogP) is 2.55. The summed E-state index contributed by atoms with van der Waals surface area (Å²) in [6.45, 7) is 1.08. The zero-order chi connectivity index (χ0) is 21.2. The van der Waals surface area contributed by atoms with Crippen molar-refractivity contribution in [2.45, 2.75) is 23.8 Å². The van der Waals surface area contributed by atoms with Crippen molar-refractivity contribution in [2.24, 2.45) is 13.0 Å². The van der Waals surface area contributed by atoms with Gasteiger partial charge >= 0.3 is 0 Å². The molecule has 1 saturated carbocycles. The van der Waals surface area contributed by atoms with E-state index in [1.165, 1.54) is 29.9 Å². The van der Waals surface area contributed by atoms with Gasteiger partial charge in [0.1, 0.15) is 4.90 Å². The van der Waals surface area contributed by atoms with E-state index in [-0.39, 0.29) is 4.90 Å². The Labute approximate surface area is 179 Å². The van der Waals surface area contributed by atoms with Crippen LogP contribution in [-0.4, -0.2) is 45.5 Å². The van der Waals surface area contributed by atoms with Crippen LogP contribution >= 0.6 is 0 Å². The SMILES string of the molecule is Cn1ncc2cccc(NS(=O)(=O)c3cnn(-c4cc(N5CC6CC5C6)ccn4)c3)c21. The van der Waals surface area contributed by atoms with Gasteiger partial charge in [-0.25, -0.2) is 18.1 Å². The fourth-order valence-corrected chi connectivity index (χ4v) is 5.65. The molecule has 7 rings (SSSR count). The average Bonchev–Trinajstić information content (AvgIpc) is 3.51. The van der Waals surface area contributed by atoms with Gasteiger partial charge in [-0.05, 0) is 30.9 Å². The number of pyridine rings is 1. The number of benzene rings is 1. The van der Waals surface area contributed by atoms with Gasteiger partial charge in [-0.15, -0.1) is 0 Å². The minimum Gasteiger partial charge on any atom is -0.368 e. The molecule has 3 fully saturated rings. The van der Waals surface area contributed by atoms with Crippen molar-refractivity contribution in [1.29, 1.82) is 0 Å². The molecule has 4 aromatic rings. The molecule has 3 aliphatic rings. The molecule has 158 valence electrons. The molecule has 1 aromatic carbocycles. The van der Waals surface area contributed by atoms with E-state index in [2.05, 4.69) is 24.8 Å². The van der Waals surface area contributed by atoms with Gasteiger partial charge in [-0.3, -0.25) is 9.40 Å². The molecule has 1 aliphatic carbocycles. The fourth-order valence-electron chi connectivity index (χ4n) is 4.65. The standard InChI is InChI=1S/C21H21N7O2S/c1-26-21-15(10-23-26)3-2-4-19(21)25-31(29,30)18-11-24-28(13-18)20-9-16(5-6-22-20)27-12-14-7-17(27)8-14/h2-6,9-11,13-14,17,25H,7-8,12H2,1H3. The van der Waals surface area contributed by atoms with E-state index in [9.17, 15) is 8.42 Å². The van der Waals surface area contributed by atoms with Crippen LogP contribution in [0, 0.1) is 5.92 Å². The summed E-state index contributed by atoms with van der Waals surface area (Å²) in [6, 6.07) is 9.99. The van der Waals surface area contributed by atoms with Crippen molar-refractivity contribution >= 4 is 32.3 Å². The van der Waals surface area contributed by atoms with Crippen LogP contribution in [0.5, 0.6) is 0 Å². The number of fused-ring (bicyclic) bond motifs is 2. The van der Waals surface area contributed by atoms with Gasteiger partial charge in [0, 0.05) is 43.0 Å². The number of hydrogen-bond acceptors (Lipinski definition) is 6. The van der Waals surface area contributed by atoms with Crippen molar-refractivity contribution in [2.75, 3.05) is 16.2 Å².